The van der Waals surface area contributed by atoms with Crippen molar-refractivity contribution in [1.82, 2.24) is 0 Å². The van der Waals surface area contributed by atoms with Gasteiger partial charge in [0.1, 0.15) is 5.75 Å². The van der Waals surface area contributed by atoms with Gasteiger partial charge in [-0.2, -0.15) is 8.78 Å². The molecule has 1 aliphatic carbocycles. The van der Waals surface area contributed by atoms with E-state index in [4.69, 9.17) is 4.74 Å². The van der Waals surface area contributed by atoms with E-state index in [0.29, 0.717) is 5.92 Å². The van der Waals surface area contributed by atoms with E-state index in [2.05, 4.69) is 10.1 Å². The number of carbonyl (C=O) groups excluding carboxylic acids is 2. The minimum absolute atomic E-state index is 0.0988. The molecule has 1 aromatic rings. The van der Waals surface area contributed by atoms with Crippen LogP contribution in [0.1, 0.15) is 45.4 Å². The zero-order valence-electron chi connectivity index (χ0n) is 14.2. The van der Waals surface area contributed by atoms with Crippen molar-refractivity contribution in [3.05, 3.63) is 24.3 Å². The van der Waals surface area contributed by atoms with Gasteiger partial charge in [-0.05, 0) is 31.4 Å². The van der Waals surface area contributed by atoms with E-state index in [9.17, 15) is 18.4 Å². The Hall–Kier alpha value is -2.18. The maximum Gasteiger partial charge on any atom is 0.387 e. The Morgan fingerprint density at radius 3 is 2.60 bits per heavy atom. The number of halogens is 2. The topological polar surface area (TPSA) is 64.6 Å². The van der Waals surface area contributed by atoms with E-state index >= 15 is 0 Å². The normalized spacial score (nSPS) is 15.8. The van der Waals surface area contributed by atoms with Crippen molar-refractivity contribution in [2.45, 2.75) is 58.2 Å². The third kappa shape index (κ3) is 6.32. The minimum atomic E-state index is -3.00. The van der Waals surface area contributed by atoms with Gasteiger partial charge in [0.15, 0.2) is 6.10 Å². The molecule has 1 amide bonds. The molecule has 1 atom stereocenters. The summed E-state index contributed by atoms with van der Waals surface area (Å²) in [5, 5.41) is 2.44. The second kappa shape index (κ2) is 9.34. The SMILES string of the molecule is CC(OC(=O)CCC1CCCC1)C(=O)Nc1ccccc1OC(F)F. The Morgan fingerprint density at radius 2 is 1.92 bits per heavy atom. The average Bonchev–Trinajstić information content (AvgIpc) is 3.07. The molecule has 1 aliphatic rings. The number of para-hydroxylation sites is 2. The lowest BCUT2D eigenvalue weighted by Gasteiger charge is -2.16. The van der Waals surface area contributed by atoms with Crippen LogP contribution in [0.2, 0.25) is 0 Å². The van der Waals surface area contributed by atoms with Gasteiger partial charge in [0.25, 0.3) is 5.91 Å². The summed E-state index contributed by atoms with van der Waals surface area (Å²) in [6.07, 6.45) is 4.74. The van der Waals surface area contributed by atoms with E-state index in [0.717, 1.165) is 19.3 Å². The summed E-state index contributed by atoms with van der Waals surface area (Å²) in [4.78, 5) is 24.0. The molecule has 2 rings (SSSR count). The van der Waals surface area contributed by atoms with Crippen LogP contribution in [-0.4, -0.2) is 24.6 Å². The number of hydrogen-bond donors (Lipinski definition) is 1. The fourth-order valence-corrected chi connectivity index (χ4v) is 2.93. The predicted molar refractivity (Wildman–Crippen MR) is 88.4 cm³/mol. The number of benzene rings is 1. The first-order valence-electron chi connectivity index (χ1n) is 8.50. The summed E-state index contributed by atoms with van der Waals surface area (Å²) in [6, 6.07) is 5.84. The van der Waals surface area contributed by atoms with E-state index in [1.807, 2.05) is 0 Å². The Bertz CT molecular complexity index is 588. The summed E-state index contributed by atoms with van der Waals surface area (Å²) >= 11 is 0. The average molecular weight is 355 g/mol. The van der Waals surface area contributed by atoms with Crippen LogP contribution in [0.25, 0.3) is 0 Å². The van der Waals surface area contributed by atoms with E-state index in [1.165, 1.54) is 38.0 Å². The van der Waals surface area contributed by atoms with Gasteiger partial charge in [-0.15, -0.1) is 0 Å². The molecule has 7 heteroatoms. The molecule has 0 saturated heterocycles. The highest BCUT2D eigenvalue weighted by Gasteiger charge is 2.21. The lowest BCUT2D eigenvalue weighted by atomic mass is 10.0. The number of hydrogen-bond acceptors (Lipinski definition) is 4. The maximum atomic E-state index is 12.4. The molecule has 1 aromatic carbocycles. The molecule has 138 valence electrons. The van der Waals surface area contributed by atoms with Crippen LogP contribution in [0, 0.1) is 5.92 Å². The predicted octanol–water partition coefficient (Wildman–Crippen LogP) is 4.13. The van der Waals surface area contributed by atoms with E-state index in [-0.39, 0.29) is 17.9 Å². The monoisotopic (exact) mass is 355 g/mol. The number of rotatable bonds is 8. The van der Waals surface area contributed by atoms with Crippen LogP contribution >= 0.6 is 0 Å². The van der Waals surface area contributed by atoms with Gasteiger partial charge in [0.2, 0.25) is 0 Å². The van der Waals surface area contributed by atoms with Crippen LogP contribution in [-0.2, 0) is 14.3 Å². The molecule has 5 nitrogen and oxygen atoms in total. The van der Waals surface area contributed by atoms with E-state index < -0.39 is 24.6 Å². The fourth-order valence-electron chi connectivity index (χ4n) is 2.93. The molecule has 1 saturated carbocycles. The molecule has 0 bridgehead atoms. The maximum absolute atomic E-state index is 12.4. The summed E-state index contributed by atoms with van der Waals surface area (Å²) in [7, 11) is 0. The fraction of sp³-hybridized carbons (Fsp3) is 0.556. The van der Waals surface area contributed by atoms with Crippen LogP contribution < -0.4 is 10.1 Å². The molecule has 0 radical (unpaired) electrons. The van der Waals surface area contributed by atoms with Crippen molar-refractivity contribution in [2.75, 3.05) is 5.32 Å². The molecule has 0 spiro atoms. The van der Waals surface area contributed by atoms with Crippen LogP contribution in [0.15, 0.2) is 24.3 Å². The summed E-state index contributed by atoms with van der Waals surface area (Å²) in [5.74, 6) is -0.605. The standard InChI is InChI=1S/C18H23F2NO4/c1-12(24-16(22)11-10-13-6-2-3-7-13)17(23)21-14-8-4-5-9-15(14)25-18(19)20/h4-5,8-9,12-13,18H,2-3,6-7,10-11H2,1H3,(H,21,23). The van der Waals surface area contributed by atoms with Crippen LogP contribution in [0.5, 0.6) is 5.75 Å². The molecular weight excluding hydrogens is 332 g/mol. The third-order valence-corrected chi connectivity index (χ3v) is 4.27. The van der Waals surface area contributed by atoms with Crippen molar-refractivity contribution in [3.8, 4) is 5.75 Å². The van der Waals surface area contributed by atoms with Crippen LogP contribution in [0.3, 0.4) is 0 Å². The van der Waals surface area contributed by atoms with Gasteiger partial charge in [0, 0.05) is 6.42 Å². The van der Waals surface area contributed by atoms with Gasteiger partial charge in [-0.1, -0.05) is 37.8 Å². The second-order valence-corrected chi connectivity index (χ2v) is 6.19. The van der Waals surface area contributed by atoms with Gasteiger partial charge in [-0.3, -0.25) is 9.59 Å². The Kier molecular flexibility index (Phi) is 7.16. The number of carbonyl (C=O) groups is 2. The highest BCUT2D eigenvalue weighted by Crippen LogP contribution is 2.29. The summed E-state index contributed by atoms with van der Waals surface area (Å²) in [6.45, 7) is -1.55. The number of alkyl halides is 2. The lowest BCUT2D eigenvalue weighted by Crippen LogP contribution is -2.30. The van der Waals surface area contributed by atoms with Crippen LogP contribution in [0.4, 0.5) is 14.5 Å². The number of nitrogens with one attached hydrogen (secondary N) is 1. The van der Waals surface area contributed by atoms with Crippen molar-refractivity contribution in [2.24, 2.45) is 5.92 Å². The zero-order valence-corrected chi connectivity index (χ0v) is 14.2. The molecule has 1 fully saturated rings. The molecule has 1 N–H and O–H groups in total. The Balaban J connectivity index is 1.82. The summed E-state index contributed by atoms with van der Waals surface area (Å²) < 4.78 is 34.2. The van der Waals surface area contributed by atoms with Gasteiger partial charge >= 0.3 is 12.6 Å². The molecular formula is C18H23F2NO4. The highest BCUT2D eigenvalue weighted by atomic mass is 19.3. The Morgan fingerprint density at radius 1 is 1.24 bits per heavy atom. The van der Waals surface area contributed by atoms with Gasteiger partial charge in [0.05, 0.1) is 5.69 Å². The zero-order chi connectivity index (χ0) is 18.2. The molecule has 1 unspecified atom stereocenters. The van der Waals surface area contributed by atoms with Crippen molar-refractivity contribution in [1.29, 1.82) is 0 Å². The first-order chi connectivity index (χ1) is 12.0. The number of anilines is 1. The second-order valence-electron chi connectivity index (χ2n) is 6.19. The third-order valence-electron chi connectivity index (χ3n) is 4.27. The van der Waals surface area contributed by atoms with Crippen molar-refractivity contribution in [3.63, 3.8) is 0 Å². The molecule has 0 heterocycles. The first kappa shape index (κ1) is 19.1. The quantitative estimate of drug-likeness (QED) is 0.712. The first-order valence-corrected chi connectivity index (χ1v) is 8.50. The number of esters is 1. The van der Waals surface area contributed by atoms with Crippen molar-refractivity contribution < 1.29 is 27.8 Å². The molecule has 25 heavy (non-hydrogen) atoms. The number of amides is 1. The largest absolute Gasteiger partial charge is 0.453 e. The summed E-state index contributed by atoms with van der Waals surface area (Å²) in [5.41, 5.74) is 0.0988. The molecule has 0 aromatic heterocycles. The van der Waals surface area contributed by atoms with Gasteiger partial charge < -0.3 is 14.8 Å². The minimum Gasteiger partial charge on any atom is -0.453 e. The number of ether oxygens (including phenoxy) is 2. The van der Waals surface area contributed by atoms with Gasteiger partial charge in [-0.25, -0.2) is 0 Å². The highest BCUT2D eigenvalue weighted by molar-refractivity contribution is 5.96. The van der Waals surface area contributed by atoms with E-state index in [1.54, 1.807) is 6.07 Å². The molecule has 0 aliphatic heterocycles. The Labute approximate surface area is 145 Å². The smallest absolute Gasteiger partial charge is 0.387 e. The lowest BCUT2D eigenvalue weighted by molar-refractivity contribution is -0.153. The van der Waals surface area contributed by atoms with Crippen molar-refractivity contribution >= 4 is 17.6 Å².